The summed E-state index contributed by atoms with van der Waals surface area (Å²) < 4.78 is 5.68. The van der Waals surface area contributed by atoms with E-state index in [0.29, 0.717) is 0 Å². The van der Waals surface area contributed by atoms with Crippen molar-refractivity contribution < 1.29 is 4.74 Å². The normalized spacial score (nSPS) is 18.4. The van der Waals surface area contributed by atoms with E-state index in [9.17, 15) is 0 Å². The van der Waals surface area contributed by atoms with Gasteiger partial charge in [0.25, 0.3) is 0 Å². The van der Waals surface area contributed by atoms with E-state index in [1.54, 1.807) is 0 Å². The zero-order valence-electron chi connectivity index (χ0n) is 10.4. The Morgan fingerprint density at radius 2 is 1.75 bits per heavy atom. The molecule has 16 heavy (non-hydrogen) atoms. The van der Waals surface area contributed by atoms with Crippen molar-refractivity contribution in [3.05, 3.63) is 41.2 Å². The maximum absolute atomic E-state index is 5.68. The highest BCUT2D eigenvalue weighted by molar-refractivity contribution is 5.61. The molecule has 1 nitrogen and oxygen atoms in total. The van der Waals surface area contributed by atoms with Crippen molar-refractivity contribution in [2.75, 3.05) is 0 Å². The van der Waals surface area contributed by atoms with Crippen LogP contribution in [0.4, 0.5) is 0 Å². The summed E-state index contributed by atoms with van der Waals surface area (Å²) in [6, 6.07) is 0. The fourth-order valence-electron chi connectivity index (χ4n) is 2.27. The highest BCUT2D eigenvalue weighted by Crippen LogP contribution is 2.41. The molecule has 0 amide bonds. The number of fused-ring (bicyclic) bond motifs is 1. The fourth-order valence-corrected chi connectivity index (χ4v) is 2.27. The van der Waals surface area contributed by atoms with Gasteiger partial charge in [0.05, 0.1) is 0 Å². The lowest BCUT2D eigenvalue weighted by molar-refractivity contribution is 0.304. The third-order valence-corrected chi connectivity index (χ3v) is 3.24. The number of ether oxygens (including phenoxy) is 1. The number of unbranched alkanes of at least 4 members (excludes halogenated alkanes) is 2. The lowest BCUT2D eigenvalue weighted by Gasteiger charge is -2.07. The monoisotopic (exact) mass is 217 g/mol. The van der Waals surface area contributed by atoms with Gasteiger partial charge in [-0.25, -0.2) is 0 Å². The summed E-state index contributed by atoms with van der Waals surface area (Å²) in [7, 11) is 0. The molecule has 1 heteroatoms. The summed E-state index contributed by atoms with van der Waals surface area (Å²) in [6.45, 7) is 6.38. The van der Waals surface area contributed by atoms with Crippen molar-refractivity contribution in [2.45, 2.75) is 52.4 Å². The predicted octanol–water partition coefficient (Wildman–Crippen LogP) is 4.68. The molecule has 1 aliphatic carbocycles. The minimum atomic E-state index is 1.09. The molecule has 1 aliphatic heterocycles. The first kappa shape index (κ1) is 11.5. The van der Waals surface area contributed by atoms with Crippen LogP contribution in [-0.2, 0) is 4.74 Å². The quantitative estimate of drug-likeness (QED) is 0.627. The standard InChI is InChI=1S/C15H21O/c1-3-5-7-12-9-10-13-11-16-14(15(12)13)8-6-4-2/h9-11H,3-8H2,1-2H3. The van der Waals surface area contributed by atoms with E-state index < -0.39 is 0 Å². The van der Waals surface area contributed by atoms with Crippen LogP contribution in [0.5, 0.6) is 0 Å². The van der Waals surface area contributed by atoms with Gasteiger partial charge in [-0.1, -0.05) is 38.8 Å². The number of hydrogen-bond donors (Lipinski definition) is 0. The Labute approximate surface area is 98.9 Å². The molecular weight excluding hydrogens is 196 g/mol. The summed E-state index contributed by atoms with van der Waals surface area (Å²) in [5, 5.41) is 0. The van der Waals surface area contributed by atoms with E-state index in [2.05, 4.69) is 26.0 Å². The molecule has 0 aromatic heterocycles. The summed E-state index contributed by atoms with van der Waals surface area (Å²) in [5.74, 6) is 1.20. The van der Waals surface area contributed by atoms with Gasteiger partial charge in [0.1, 0.15) is 5.76 Å². The Morgan fingerprint density at radius 3 is 2.50 bits per heavy atom. The molecule has 1 radical (unpaired) electrons. The highest BCUT2D eigenvalue weighted by atomic mass is 16.5. The number of allylic oxidation sites excluding steroid dienone is 4. The third kappa shape index (κ3) is 2.23. The van der Waals surface area contributed by atoms with Gasteiger partial charge in [-0.15, -0.1) is 0 Å². The van der Waals surface area contributed by atoms with E-state index in [1.807, 2.05) is 6.61 Å². The van der Waals surface area contributed by atoms with Crippen molar-refractivity contribution in [2.24, 2.45) is 0 Å². The Balaban J connectivity index is 2.07. The first-order valence-corrected chi connectivity index (χ1v) is 6.51. The molecule has 0 N–H and O–H groups in total. The molecule has 87 valence electrons. The Bertz CT molecular complexity index is 344. The molecule has 0 aromatic rings. The maximum atomic E-state index is 5.68. The lowest BCUT2D eigenvalue weighted by atomic mass is 9.98. The highest BCUT2D eigenvalue weighted by Gasteiger charge is 2.26. The van der Waals surface area contributed by atoms with Crippen molar-refractivity contribution in [1.82, 2.24) is 0 Å². The zero-order valence-corrected chi connectivity index (χ0v) is 10.4. The Kier molecular flexibility index (Phi) is 3.87. The molecule has 0 unspecified atom stereocenters. The maximum Gasteiger partial charge on any atom is 0.165 e. The minimum Gasteiger partial charge on any atom is -0.485 e. The third-order valence-electron chi connectivity index (χ3n) is 3.24. The molecule has 0 spiro atoms. The topological polar surface area (TPSA) is 9.23 Å². The van der Waals surface area contributed by atoms with Crippen LogP contribution < -0.4 is 0 Å². The van der Waals surface area contributed by atoms with E-state index >= 15 is 0 Å². The summed E-state index contributed by atoms with van der Waals surface area (Å²) in [4.78, 5) is 0. The number of rotatable bonds is 6. The van der Waals surface area contributed by atoms with Crippen LogP contribution in [0.25, 0.3) is 0 Å². The van der Waals surface area contributed by atoms with Crippen molar-refractivity contribution in [1.29, 1.82) is 0 Å². The lowest BCUT2D eigenvalue weighted by Crippen LogP contribution is -1.91. The van der Waals surface area contributed by atoms with Gasteiger partial charge >= 0.3 is 0 Å². The van der Waals surface area contributed by atoms with Crippen LogP contribution in [0.3, 0.4) is 0 Å². The molecule has 2 rings (SSSR count). The minimum absolute atomic E-state index is 1.09. The smallest absolute Gasteiger partial charge is 0.165 e. The van der Waals surface area contributed by atoms with Gasteiger partial charge < -0.3 is 4.74 Å². The van der Waals surface area contributed by atoms with Crippen molar-refractivity contribution in [3.8, 4) is 0 Å². The van der Waals surface area contributed by atoms with Crippen LogP contribution in [-0.4, -0.2) is 0 Å². The number of hydrogen-bond acceptors (Lipinski definition) is 1. The molecule has 0 fully saturated rings. The zero-order chi connectivity index (χ0) is 11.4. The van der Waals surface area contributed by atoms with Gasteiger partial charge in [0.15, 0.2) is 6.61 Å². The van der Waals surface area contributed by atoms with E-state index in [0.717, 1.165) is 6.42 Å². The molecule has 0 saturated carbocycles. The molecule has 0 atom stereocenters. The Hall–Kier alpha value is -0.980. The average Bonchev–Trinajstić information content (AvgIpc) is 2.86. The van der Waals surface area contributed by atoms with Gasteiger partial charge in [-0.2, -0.15) is 0 Å². The van der Waals surface area contributed by atoms with E-state index in [-0.39, 0.29) is 0 Å². The van der Waals surface area contributed by atoms with Gasteiger partial charge in [0, 0.05) is 17.6 Å². The average molecular weight is 217 g/mol. The van der Waals surface area contributed by atoms with Crippen molar-refractivity contribution in [3.63, 3.8) is 0 Å². The molecule has 0 bridgehead atoms. The fraction of sp³-hybridized carbons (Fsp3) is 0.533. The second-order valence-electron chi connectivity index (χ2n) is 4.55. The summed E-state index contributed by atoms with van der Waals surface area (Å²) in [5.41, 5.74) is 4.18. The first-order chi connectivity index (χ1) is 7.86. The van der Waals surface area contributed by atoms with Gasteiger partial charge in [0.2, 0.25) is 0 Å². The molecule has 0 aromatic carbocycles. The summed E-state index contributed by atoms with van der Waals surface area (Å²) in [6.07, 6.45) is 11.7. The molecule has 1 heterocycles. The van der Waals surface area contributed by atoms with Crippen LogP contribution >= 0.6 is 0 Å². The first-order valence-electron chi connectivity index (χ1n) is 6.51. The van der Waals surface area contributed by atoms with Crippen molar-refractivity contribution >= 4 is 0 Å². The molecule has 2 aliphatic rings. The van der Waals surface area contributed by atoms with E-state index in [1.165, 1.54) is 54.6 Å². The van der Waals surface area contributed by atoms with Crippen LogP contribution in [0.15, 0.2) is 34.6 Å². The van der Waals surface area contributed by atoms with E-state index in [4.69, 9.17) is 4.74 Å². The molecule has 0 saturated heterocycles. The summed E-state index contributed by atoms with van der Waals surface area (Å²) >= 11 is 0. The second-order valence-corrected chi connectivity index (χ2v) is 4.55. The Morgan fingerprint density at radius 1 is 1.00 bits per heavy atom. The second kappa shape index (κ2) is 5.38. The van der Waals surface area contributed by atoms with Crippen LogP contribution in [0.2, 0.25) is 0 Å². The van der Waals surface area contributed by atoms with Gasteiger partial charge in [-0.05, 0) is 24.8 Å². The van der Waals surface area contributed by atoms with Crippen LogP contribution in [0, 0.1) is 6.61 Å². The predicted molar refractivity (Wildman–Crippen MR) is 67.6 cm³/mol. The van der Waals surface area contributed by atoms with Crippen LogP contribution in [0.1, 0.15) is 52.4 Å². The SMILES string of the molecule is CCCCC1=CC=C2[CH]OC(CCCC)=C21. The molecular formula is C15H21O. The van der Waals surface area contributed by atoms with Gasteiger partial charge in [-0.3, -0.25) is 0 Å². The largest absolute Gasteiger partial charge is 0.485 e.